The Labute approximate surface area is 112 Å². The third-order valence-corrected chi connectivity index (χ3v) is 3.24. The summed E-state index contributed by atoms with van der Waals surface area (Å²) in [6.45, 7) is 5.28. The Balaban J connectivity index is 1.93. The highest BCUT2D eigenvalue weighted by atomic mass is 16.5. The predicted octanol–water partition coefficient (Wildman–Crippen LogP) is 1.53. The van der Waals surface area contributed by atoms with Crippen LogP contribution in [0, 0.1) is 0 Å². The minimum atomic E-state index is -0.197. The summed E-state index contributed by atoms with van der Waals surface area (Å²) in [6.07, 6.45) is 5.70. The summed E-state index contributed by atoms with van der Waals surface area (Å²) < 4.78 is 5.16. The van der Waals surface area contributed by atoms with Crippen LogP contribution in [0.5, 0.6) is 0 Å². The lowest BCUT2D eigenvalue weighted by molar-refractivity contribution is 0.0778. The fourth-order valence-corrected chi connectivity index (χ4v) is 2.10. The van der Waals surface area contributed by atoms with Crippen molar-refractivity contribution in [2.45, 2.75) is 31.7 Å². The average molecular weight is 264 g/mol. The standard InChI is InChI=1S/C13H20N4O2/c1-3-4-5-9-17(2)13(18)11-15-12(19-16-11)10-7-6-8-14-10/h3,10,14H,1,4-9H2,2H3. The van der Waals surface area contributed by atoms with Gasteiger partial charge in [0, 0.05) is 13.6 Å². The summed E-state index contributed by atoms with van der Waals surface area (Å²) in [6, 6.07) is 0.0973. The normalized spacial score (nSPS) is 18.5. The molecule has 1 aliphatic rings. The van der Waals surface area contributed by atoms with Crippen molar-refractivity contribution in [3.8, 4) is 0 Å². The van der Waals surface area contributed by atoms with Gasteiger partial charge in [0.05, 0.1) is 6.04 Å². The zero-order chi connectivity index (χ0) is 13.7. The first-order valence-electron chi connectivity index (χ1n) is 6.65. The van der Waals surface area contributed by atoms with E-state index in [2.05, 4.69) is 22.0 Å². The van der Waals surface area contributed by atoms with Crippen molar-refractivity contribution >= 4 is 5.91 Å². The molecule has 2 rings (SSSR count). The first kappa shape index (κ1) is 13.7. The number of rotatable bonds is 6. The second-order valence-corrected chi connectivity index (χ2v) is 4.76. The van der Waals surface area contributed by atoms with Crippen LogP contribution in [0.1, 0.15) is 48.2 Å². The Bertz CT molecular complexity index is 438. The van der Waals surface area contributed by atoms with E-state index >= 15 is 0 Å². The third kappa shape index (κ3) is 3.41. The van der Waals surface area contributed by atoms with E-state index in [1.54, 1.807) is 11.9 Å². The highest BCUT2D eigenvalue weighted by Crippen LogP contribution is 2.21. The number of nitrogens with one attached hydrogen (secondary N) is 1. The summed E-state index contributed by atoms with van der Waals surface area (Å²) >= 11 is 0. The highest BCUT2D eigenvalue weighted by Gasteiger charge is 2.25. The average Bonchev–Trinajstić information content (AvgIpc) is 3.08. The maximum absolute atomic E-state index is 12.1. The Morgan fingerprint density at radius 1 is 1.68 bits per heavy atom. The van der Waals surface area contributed by atoms with Crippen molar-refractivity contribution in [2.24, 2.45) is 0 Å². The number of carbonyl (C=O) groups is 1. The molecule has 1 fully saturated rings. The van der Waals surface area contributed by atoms with Crippen molar-refractivity contribution in [1.29, 1.82) is 0 Å². The van der Waals surface area contributed by atoms with Crippen molar-refractivity contribution in [3.05, 3.63) is 24.4 Å². The smallest absolute Gasteiger partial charge is 0.295 e. The van der Waals surface area contributed by atoms with Crippen LogP contribution < -0.4 is 5.32 Å². The molecular weight excluding hydrogens is 244 g/mol. The Morgan fingerprint density at radius 3 is 3.21 bits per heavy atom. The van der Waals surface area contributed by atoms with Gasteiger partial charge in [-0.2, -0.15) is 4.98 Å². The number of carbonyl (C=O) groups excluding carboxylic acids is 1. The van der Waals surface area contributed by atoms with Gasteiger partial charge >= 0.3 is 0 Å². The number of aromatic nitrogens is 2. The zero-order valence-corrected chi connectivity index (χ0v) is 11.3. The quantitative estimate of drug-likeness (QED) is 0.623. The molecule has 1 unspecified atom stereocenters. The monoisotopic (exact) mass is 264 g/mol. The molecule has 1 amide bonds. The van der Waals surface area contributed by atoms with E-state index in [1.165, 1.54) is 0 Å². The van der Waals surface area contributed by atoms with Gasteiger partial charge in [0.25, 0.3) is 11.7 Å². The van der Waals surface area contributed by atoms with Gasteiger partial charge in [-0.25, -0.2) is 0 Å². The van der Waals surface area contributed by atoms with Crippen molar-refractivity contribution < 1.29 is 9.32 Å². The SMILES string of the molecule is C=CCCCN(C)C(=O)c1noc(C2CCCN2)n1. The van der Waals surface area contributed by atoms with E-state index in [-0.39, 0.29) is 17.8 Å². The molecule has 1 aromatic rings. The Kier molecular flexibility index (Phi) is 4.68. The second kappa shape index (κ2) is 6.47. The summed E-state index contributed by atoms with van der Waals surface area (Å²) in [4.78, 5) is 17.9. The molecule has 1 saturated heterocycles. The first-order valence-corrected chi connectivity index (χ1v) is 6.65. The maximum atomic E-state index is 12.1. The number of hydrogen-bond donors (Lipinski definition) is 1. The predicted molar refractivity (Wildman–Crippen MR) is 70.7 cm³/mol. The number of hydrogen-bond acceptors (Lipinski definition) is 5. The molecule has 1 N–H and O–H groups in total. The number of unbranched alkanes of at least 4 members (excludes halogenated alkanes) is 1. The van der Waals surface area contributed by atoms with Crippen LogP contribution in [0.15, 0.2) is 17.2 Å². The fraction of sp³-hybridized carbons (Fsp3) is 0.615. The van der Waals surface area contributed by atoms with E-state index in [4.69, 9.17) is 4.52 Å². The largest absolute Gasteiger partial charge is 0.339 e. The highest BCUT2D eigenvalue weighted by molar-refractivity contribution is 5.90. The Hall–Kier alpha value is -1.69. The van der Waals surface area contributed by atoms with Crippen molar-refractivity contribution in [3.63, 3.8) is 0 Å². The summed E-state index contributed by atoms with van der Waals surface area (Å²) in [5.41, 5.74) is 0. The van der Waals surface area contributed by atoms with Crippen molar-refractivity contribution in [2.75, 3.05) is 20.1 Å². The van der Waals surface area contributed by atoms with E-state index in [9.17, 15) is 4.79 Å². The van der Waals surface area contributed by atoms with Gasteiger partial charge in [0.15, 0.2) is 0 Å². The van der Waals surface area contributed by atoms with Gasteiger partial charge in [0.1, 0.15) is 0 Å². The van der Waals surface area contributed by atoms with E-state index in [1.807, 2.05) is 6.08 Å². The lowest BCUT2D eigenvalue weighted by Gasteiger charge is -2.13. The topological polar surface area (TPSA) is 71.3 Å². The molecule has 2 heterocycles. The van der Waals surface area contributed by atoms with Gasteiger partial charge in [-0.3, -0.25) is 4.79 Å². The van der Waals surface area contributed by atoms with Crippen LogP contribution in [0.3, 0.4) is 0 Å². The Morgan fingerprint density at radius 2 is 2.53 bits per heavy atom. The molecule has 0 radical (unpaired) electrons. The lowest BCUT2D eigenvalue weighted by atomic mass is 10.2. The van der Waals surface area contributed by atoms with Crippen LogP contribution >= 0.6 is 0 Å². The molecule has 0 saturated carbocycles. The molecule has 6 heteroatoms. The van der Waals surface area contributed by atoms with E-state index in [0.717, 1.165) is 32.2 Å². The second-order valence-electron chi connectivity index (χ2n) is 4.76. The van der Waals surface area contributed by atoms with E-state index in [0.29, 0.717) is 12.4 Å². The third-order valence-electron chi connectivity index (χ3n) is 3.24. The molecule has 0 spiro atoms. The summed E-state index contributed by atoms with van der Waals surface area (Å²) in [7, 11) is 1.75. The molecule has 0 aromatic carbocycles. The van der Waals surface area contributed by atoms with Crippen LogP contribution in [0.2, 0.25) is 0 Å². The number of amides is 1. The van der Waals surface area contributed by atoms with Crippen molar-refractivity contribution in [1.82, 2.24) is 20.4 Å². The zero-order valence-electron chi connectivity index (χ0n) is 11.3. The minimum absolute atomic E-state index is 0.0973. The van der Waals surface area contributed by atoms with E-state index < -0.39 is 0 Å². The molecule has 104 valence electrons. The molecule has 1 atom stereocenters. The molecular formula is C13H20N4O2. The van der Waals surface area contributed by atoms with Crippen LogP contribution in [-0.4, -0.2) is 41.1 Å². The van der Waals surface area contributed by atoms with Gasteiger partial charge in [-0.15, -0.1) is 6.58 Å². The molecule has 19 heavy (non-hydrogen) atoms. The molecule has 1 aliphatic heterocycles. The molecule has 1 aromatic heterocycles. The first-order chi connectivity index (χ1) is 9.22. The van der Waals surface area contributed by atoms with Crippen LogP contribution in [0.25, 0.3) is 0 Å². The molecule has 0 aliphatic carbocycles. The molecule has 0 bridgehead atoms. The fourth-order valence-electron chi connectivity index (χ4n) is 2.10. The molecule has 6 nitrogen and oxygen atoms in total. The van der Waals surface area contributed by atoms with Crippen LogP contribution in [-0.2, 0) is 0 Å². The maximum Gasteiger partial charge on any atom is 0.295 e. The van der Waals surface area contributed by atoms with Crippen LogP contribution in [0.4, 0.5) is 0 Å². The minimum Gasteiger partial charge on any atom is -0.339 e. The summed E-state index contributed by atoms with van der Waals surface area (Å²) in [5.74, 6) is 0.460. The lowest BCUT2D eigenvalue weighted by Crippen LogP contribution is -2.28. The van der Waals surface area contributed by atoms with Gasteiger partial charge in [0.2, 0.25) is 5.89 Å². The summed E-state index contributed by atoms with van der Waals surface area (Å²) in [5, 5.41) is 7.04. The van der Waals surface area contributed by atoms with Gasteiger partial charge in [-0.1, -0.05) is 11.2 Å². The number of allylic oxidation sites excluding steroid dienone is 1. The van der Waals surface area contributed by atoms with Gasteiger partial charge in [-0.05, 0) is 32.2 Å². The number of nitrogens with zero attached hydrogens (tertiary/aromatic N) is 3. The van der Waals surface area contributed by atoms with Gasteiger partial charge < -0.3 is 14.7 Å².